The quantitative estimate of drug-likeness (QED) is 0.866. The number of carbonyl (C=O) groups is 1. The number of aromatic nitrogens is 1. The van der Waals surface area contributed by atoms with E-state index in [-0.39, 0.29) is 12.0 Å². The van der Waals surface area contributed by atoms with Crippen LogP contribution in [0, 0.1) is 12.8 Å². The van der Waals surface area contributed by atoms with Gasteiger partial charge in [0.05, 0.1) is 11.1 Å². The molecule has 1 amide bonds. The lowest BCUT2D eigenvalue weighted by atomic mass is 9.82. The van der Waals surface area contributed by atoms with Gasteiger partial charge in [-0.05, 0) is 25.7 Å². The number of hydrogen-bond acceptors (Lipinski definition) is 4. The molecule has 0 aliphatic heterocycles. The Bertz CT molecular complexity index is 385. The predicted octanol–water partition coefficient (Wildman–Crippen LogP) is 1.29. The molecule has 2 rings (SSSR count). The summed E-state index contributed by atoms with van der Waals surface area (Å²) in [5.41, 5.74) is 0.532. The lowest BCUT2D eigenvalue weighted by Crippen LogP contribution is -2.39. The van der Waals surface area contributed by atoms with Crippen molar-refractivity contribution in [2.75, 3.05) is 13.6 Å². The van der Waals surface area contributed by atoms with Crippen molar-refractivity contribution in [3.05, 3.63) is 16.1 Å². The Kier molecular flexibility index (Phi) is 3.25. The zero-order valence-electron chi connectivity index (χ0n) is 9.51. The van der Waals surface area contributed by atoms with E-state index in [0.29, 0.717) is 18.2 Å². The van der Waals surface area contributed by atoms with Gasteiger partial charge in [-0.2, -0.15) is 0 Å². The van der Waals surface area contributed by atoms with E-state index in [9.17, 15) is 9.90 Å². The van der Waals surface area contributed by atoms with Gasteiger partial charge in [0.2, 0.25) is 0 Å². The van der Waals surface area contributed by atoms with Crippen LogP contribution in [0.2, 0.25) is 0 Å². The maximum Gasteiger partial charge on any atom is 0.273 e. The van der Waals surface area contributed by atoms with Crippen LogP contribution in [0.3, 0.4) is 0 Å². The molecular formula is C11H16N2O2S. The van der Waals surface area contributed by atoms with Crippen molar-refractivity contribution in [2.24, 2.45) is 5.92 Å². The van der Waals surface area contributed by atoms with Crippen LogP contribution in [-0.4, -0.2) is 40.6 Å². The van der Waals surface area contributed by atoms with Gasteiger partial charge in [0.15, 0.2) is 0 Å². The van der Waals surface area contributed by atoms with Gasteiger partial charge in [-0.15, -0.1) is 11.3 Å². The predicted molar refractivity (Wildman–Crippen MR) is 62.5 cm³/mol. The SMILES string of the molecule is Cc1nc(C(=O)N(C)CC2CC(O)C2)cs1. The molecule has 0 unspecified atom stereocenters. The van der Waals surface area contributed by atoms with E-state index in [2.05, 4.69) is 4.98 Å². The summed E-state index contributed by atoms with van der Waals surface area (Å²) in [6.45, 7) is 2.61. The van der Waals surface area contributed by atoms with E-state index in [1.54, 1.807) is 17.3 Å². The summed E-state index contributed by atoms with van der Waals surface area (Å²) in [5.74, 6) is 0.425. The first-order chi connectivity index (χ1) is 7.56. The van der Waals surface area contributed by atoms with E-state index >= 15 is 0 Å². The molecule has 1 aliphatic carbocycles. The molecule has 16 heavy (non-hydrogen) atoms. The first kappa shape index (κ1) is 11.5. The number of thiazole rings is 1. The first-order valence-corrected chi connectivity index (χ1v) is 6.30. The van der Waals surface area contributed by atoms with Gasteiger partial charge in [-0.1, -0.05) is 0 Å². The van der Waals surface area contributed by atoms with Gasteiger partial charge < -0.3 is 10.0 Å². The van der Waals surface area contributed by atoms with Gasteiger partial charge in [0, 0.05) is 19.0 Å². The molecule has 1 N–H and O–H groups in total. The maximum atomic E-state index is 11.9. The minimum atomic E-state index is -0.157. The zero-order valence-corrected chi connectivity index (χ0v) is 10.3. The summed E-state index contributed by atoms with van der Waals surface area (Å²) in [7, 11) is 1.79. The van der Waals surface area contributed by atoms with Crippen molar-refractivity contribution in [3.63, 3.8) is 0 Å². The maximum absolute atomic E-state index is 11.9. The molecule has 0 atom stereocenters. The van der Waals surface area contributed by atoms with Crippen molar-refractivity contribution < 1.29 is 9.90 Å². The summed E-state index contributed by atoms with van der Waals surface area (Å²) in [4.78, 5) is 17.8. The Labute approximate surface area is 98.9 Å². The minimum Gasteiger partial charge on any atom is -0.393 e. The van der Waals surface area contributed by atoms with Crippen LogP contribution in [0.5, 0.6) is 0 Å². The standard InChI is InChI=1S/C11H16N2O2S/c1-7-12-10(6-16-7)11(15)13(2)5-8-3-9(14)4-8/h6,8-9,14H,3-5H2,1-2H3. The number of rotatable bonds is 3. The highest BCUT2D eigenvalue weighted by Gasteiger charge is 2.29. The summed E-state index contributed by atoms with van der Waals surface area (Å²) in [6.07, 6.45) is 1.47. The number of aryl methyl sites for hydroxylation is 1. The van der Waals surface area contributed by atoms with Gasteiger partial charge in [-0.3, -0.25) is 4.79 Å². The lowest BCUT2D eigenvalue weighted by molar-refractivity contribution is 0.0264. The van der Waals surface area contributed by atoms with Crippen molar-refractivity contribution in [3.8, 4) is 0 Å². The molecule has 1 saturated carbocycles. The van der Waals surface area contributed by atoms with Gasteiger partial charge in [-0.25, -0.2) is 4.98 Å². The van der Waals surface area contributed by atoms with E-state index in [4.69, 9.17) is 0 Å². The third-order valence-corrected chi connectivity index (χ3v) is 3.70. The highest BCUT2D eigenvalue weighted by molar-refractivity contribution is 7.09. The second kappa shape index (κ2) is 4.51. The van der Waals surface area contributed by atoms with Crippen LogP contribution in [0.4, 0.5) is 0 Å². The molecule has 0 saturated heterocycles. The van der Waals surface area contributed by atoms with Gasteiger partial charge in [0.1, 0.15) is 5.69 Å². The monoisotopic (exact) mass is 240 g/mol. The van der Waals surface area contributed by atoms with E-state index < -0.39 is 0 Å². The molecule has 88 valence electrons. The summed E-state index contributed by atoms with van der Waals surface area (Å²) < 4.78 is 0. The van der Waals surface area contributed by atoms with E-state index in [1.807, 2.05) is 6.92 Å². The normalized spacial score (nSPS) is 23.9. The van der Waals surface area contributed by atoms with Crippen molar-refractivity contribution in [2.45, 2.75) is 25.9 Å². The van der Waals surface area contributed by atoms with Crippen molar-refractivity contribution in [1.82, 2.24) is 9.88 Å². The van der Waals surface area contributed by atoms with Crippen LogP contribution in [0.15, 0.2) is 5.38 Å². The number of amides is 1. The number of nitrogens with zero attached hydrogens (tertiary/aromatic N) is 2. The molecule has 4 nitrogen and oxygen atoms in total. The van der Waals surface area contributed by atoms with Crippen LogP contribution in [0.1, 0.15) is 28.3 Å². The smallest absolute Gasteiger partial charge is 0.273 e. The fourth-order valence-corrected chi connectivity index (χ4v) is 2.56. The van der Waals surface area contributed by atoms with E-state index in [1.165, 1.54) is 11.3 Å². The van der Waals surface area contributed by atoms with Crippen molar-refractivity contribution >= 4 is 17.2 Å². The highest BCUT2D eigenvalue weighted by Crippen LogP contribution is 2.27. The highest BCUT2D eigenvalue weighted by atomic mass is 32.1. The van der Waals surface area contributed by atoms with Gasteiger partial charge >= 0.3 is 0 Å². The Hall–Kier alpha value is -0.940. The zero-order chi connectivity index (χ0) is 11.7. The van der Waals surface area contributed by atoms with E-state index in [0.717, 1.165) is 17.8 Å². The van der Waals surface area contributed by atoms with Crippen molar-refractivity contribution in [1.29, 1.82) is 0 Å². The Morgan fingerprint density at radius 1 is 1.69 bits per heavy atom. The Morgan fingerprint density at radius 3 is 2.88 bits per heavy atom. The third-order valence-electron chi connectivity index (χ3n) is 2.93. The lowest BCUT2D eigenvalue weighted by Gasteiger charge is -2.34. The summed E-state index contributed by atoms with van der Waals surface area (Å²) in [5, 5.41) is 11.9. The number of aliphatic hydroxyl groups is 1. The Balaban J connectivity index is 1.89. The molecule has 0 aromatic carbocycles. The second-order valence-electron chi connectivity index (χ2n) is 4.43. The summed E-state index contributed by atoms with van der Waals surface area (Å²) >= 11 is 1.49. The molecule has 0 spiro atoms. The summed E-state index contributed by atoms with van der Waals surface area (Å²) in [6, 6.07) is 0. The third kappa shape index (κ3) is 2.41. The van der Waals surface area contributed by atoms with Gasteiger partial charge in [0.25, 0.3) is 5.91 Å². The fourth-order valence-electron chi connectivity index (χ4n) is 1.98. The number of aliphatic hydroxyl groups excluding tert-OH is 1. The van der Waals surface area contributed by atoms with Crippen LogP contribution in [0.25, 0.3) is 0 Å². The molecule has 1 aliphatic rings. The molecule has 1 aromatic rings. The molecule has 1 fully saturated rings. The average molecular weight is 240 g/mol. The van der Waals surface area contributed by atoms with Crippen LogP contribution in [-0.2, 0) is 0 Å². The number of hydrogen-bond donors (Lipinski definition) is 1. The second-order valence-corrected chi connectivity index (χ2v) is 5.49. The molecule has 0 bridgehead atoms. The average Bonchev–Trinajstić information content (AvgIpc) is 2.61. The largest absolute Gasteiger partial charge is 0.393 e. The molecule has 1 aromatic heterocycles. The Morgan fingerprint density at radius 2 is 2.38 bits per heavy atom. The first-order valence-electron chi connectivity index (χ1n) is 5.42. The topological polar surface area (TPSA) is 53.4 Å². The number of carbonyl (C=O) groups excluding carboxylic acids is 1. The molecule has 0 radical (unpaired) electrons. The molecule has 1 heterocycles. The fraction of sp³-hybridized carbons (Fsp3) is 0.636. The molecular weight excluding hydrogens is 224 g/mol. The van der Waals surface area contributed by atoms with Crippen LogP contribution < -0.4 is 0 Å². The minimum absolute atomic E-state index is 0.0225. The molecule has 5 heteroatoms. The van der Waals surface area contributed by atoms with Crippen LogP contribution >= 0.6 is 11.3 Å².